The first-order valence-corrected chi connectivity index (χ1v) is 6.11. The number of hydrazine groups is 1. The van der Waals surface area contributed by atoms with Gasteiger partial charge in [-0.3, -0.25) is 5.84 Å². The van der Waals surface area contributed by atoms with Crippen LogP contribution in [0.5, 0.6) is 0 Å². The Morgan fingerprint density at radius 2 is 1.35 bits per heavy atom. The maximum Gasteiger partial charge on any atom is 0.416 e. The largest absolute Gasteiger partial charge is 0.416 e. The van der Waals surface area contributed by atoms with Crippen LogP contribution in [0.25, 0.3) is 0 Å². The molecule has 0 fully saturated rings. The minimum atomic E-state index is -4.33. The smallest absolute Gasteiger partial charge is 0.271 e. The van der Waals surface area contributed by atoms with Crippen molar-refractivity contribution in [3.05, 3.63) is 70.8 Å². The summed E-state index contributed by atoms with van der Waals surface area (Å²) in [6.45, 7) is 1.97. The van der Waals surface area contributed by atoms with Gasteiger partial charge in [0.25, 0.3) is 0 Å². The minimum Gasteiger partial charge on any atom is -0.271 e. The van der Waals surface area contributed by atoms with E-state index in [2.05, 4.69) is 5.43 Å². The number of nitrogens with one attached hydrogen (secondary N) is 1. The van der Waals surface area contributed by atoms with Gasteiger partial charge in [0, 0.05) is 0 Å². The van der Waals surface area contributed by atoms with E-state index in [-0.39, 0.29) is 6.04 Å². The molecule has 0 bridgehead atoms. The van der Waals surface area contributed by atoms with Gasteiger partial charge in [0.1, 0.15) is 0 Å². The quantitative estimate of drug-likeness (QED) is 0.666. The molecule has 0 aliphatic carbocycles. The van der Waals surface area contributed by atoms with Gasteiger partial charge in [-0.05, 0) is 30.2 Å². The van der Waals surface area contributed by atoms with E-state index in [0.29, 0.717) is 5.56 Å². The van der Waals surface area contributed by atoms with Gasteiger partial charge in [-0.1, -0.05) is 42.0 Å². The third kappa shape index (κ3) is 3.18. The first kappa shape index (κ1) is 14.6. The van der Waals surface area contributed by atoms with Crippen LogP contribution in [0, 0.1) is 6.92 Å². The molecule has 1 atom stereocenters. The van der Waals surface area contributed by atoms with Crippen LogP contribution in [0.1, 0.15) is 28.3 Å². The zero-order valence-corrected chi connectivity index (χ0v) is 10.9. The zero-order valence-electron chi connectivity index (χ0n) is 10.9. The predicted molar refractivity (Wildman–Crippen MR) is 71.8 cm³/mol. The molecule has 1 unspecified atom stereocenters. The highest BCUT2D eigenvalue weighted by molar-refractivity contribution is 5.35. The molecule has 0 heterocycles. The molecular formula is C15H15F3N2. The van der Waals surface area contributed by atoms with Crippen LogP contribution in [0.3, 0.4) is 0 Å². The summed E-state index contributed by atoms with van der Waals surface area (Å²) in [5.41, 5.74) is 4.66. The molecule has 2 nitrogen and oxygen atoms in total. The lowest BCUT2D eigenvalue weighted by molar-refractivity contribution is -0.137. The van der Waals surface area contributed by atoms with Gasteiger partial charge < -0.3 is 0 Å². The van der Waals surface area contributed by atoms with Crippen LogP contribution >= 0.6 is 0 Å². The molecule has 5 heteroatoms. The molecule has 0 radical (unpaired) electrons. The van der Waals surface area contributed by atoms with Crippen LogP contribution in [-0.4, -0.2) is 0 Å². The summed E-state index contributed by atoms with van der Waals surface area (Å²) >= 11 is 0. The van der Waals surface area contributed by atoms with E-state index in [0.717, 1.165) is 23.3 Å². The number of halogens is 3. The first-order chi connectivity index (χ1) is 9.41. The number of benzene rings is 2. The molecule has 0 aromatic heterocycles. The molecule has 2 aromatic rings. The van der Waals surface area contributed by atoms with Crippen molar-refractivity contribution < 1.29 is 13.2 Å². The standard InChI is InChI=1S/C15H15F3N2/c1-10-2-4-11(5-3-10)14(20-19)12-6-8-13(9-7-12)15(16,17)18/h2-9,14,20H,19H2,1H3. The molecule has 20 heavy (non-hydrogen) atoms. The SMILES string of the molecule is Cc1ccc(C(NN)c2ccc(C(F)(F)F)cc2)cc1. The molecule has 0 aliphatic rings. The highest BCUT2D eigenvalue weighted by atomic mass is 19.4. The van der Waals surface area contributed by atoms with E-state index in [1.54, 1.807) is 0 Å². The topological polar surface area (TPSA) is 38.0 Å². The Morgan fingerprint density at radius 1 is 0.900 bits per heavy atom. The average molecular weight is 280 g/mol. The van der Waals surface area contributed by atoms with Gasteiger partial charge >= 0.3 is 6.18 Å². The summed E-state index contributed by atoms with van der Waals surface area (Å²) in [6, 6.07) is 12.3. The van der Waals surface area contributed by atoms with Crippen molar-refractivity contribution in [1.29, 1.82) is 0 Å². The van der Waals surface area contributed by atoms with E-state index in [1.165, 1.54) is 12.1 Å². The number of hydrogen-bond donors (Lipinski definition) is 2. The Balaban J connectivity index is 2.30. The lowest BCUT2D eigenvalue weighted by Crippen LogP contribution is -2.28. The monoisotopic (exact) mass is 280 g/mol. The Labute approximate surface area is 115 Å². The van der Waals surface area contributed by atoms with Crippen molar-refractivity contribution in [2.24, 2.45) is 5.84 Å². The molecule has 3 N–H and O–H groups in total. The third-order valence-electron chi connectivity index (χ3n) is 3.15. The Bertz CT molecular complexity index is 559. The molecule has 2 aromatic carbocycles. The minimum absolute atomic E-state index is 0.335. The number of nitrogens with two attached hydrogens (primary N) is 1. The van der Waals surface area contributed by atoms with Crippen LogP contribution in [0.15, 0.2) is 48.5 Å². The van der Waals surface area contributed by atoms with Crippen LogP contribution < -0.4 is 11.3 Å². The normalized spacial score (nSPS) is 13.2. The highest BCUT2D eigenvalue weighted by Gasteiger charge is 2.30. The lowest BCUT2D eigenvalue weighted by Gasteiger charge is -2.18. The van der Waals surface area contributed by atoms with Crippen molar-refractivity contribution >= 4 is 0 Å². The second kappa shape index (κ2) is 5.64. The summed E-state index contributed by atoms with van der Waals surface area (Å²) in [4.78, 5) is 0. The van der Waals surface area contributed by atoms with Crippen LogP contribution in [0.2, 0.25) is 0 Å². The second-order valence-electron chi connectivity index (χ2n) is 4.63. The molecule has 2 rings (SSSR count). The average Bonchev–Trinajstić information content (AvgIpc) is 2.41. The summed E-state index contributed by atoms with van der Waals surface area (Å²) in [5.74, 6) is 5.53. The maximum absolute atomic E-state index is 12.5. The molecule has 0 aliphatic heterocycles. The summed E-state index contributed by atoms with van der Waals surface area (Å²) in [6.07, 6.45) is -4.33. The van der Waals surface area contributed by atoms with Crippen molar-refractivity contribution in [3.8, 4) is 0 Å². The number of hydrogen-bond acceptors (Lipinski definition) is 2. The molecule has 0 spiro atoms. The van der Waals surface area contributed by atoms with Crippen LogP contribution in [0.4, 0.5) is 13.2 Å². The van der Waals surface area contributed by atoms with Gasteiger partial charge in [0.2, 0.25) is 0 Å². The first-order valence-electron chi connectivity index (χ1n) is 6.11. The zero-order chi connectivity index (χ0) is 14.8. The van der Waals surface area contributed by atoms with E-state index < -0.39 is 11.7 Å². The van der Waals surface area contributed by atoms with Crippen molar-refractivity contribution in [1.82, 2.24) is 5.43 Å². The third-order valence-corrected chi connectivity index (χ3v) is 3.15. The fraction of sp³-hybridized carbons (Fsp3) is 0.200. The van der Waals surface area contributed by atoms with Crippen molar-refractivity contribution in [2.45, 2.75) is 19.1 Å². The number of alkyl halides is 3. The molecule has 106 valence electrons. The Kier molecular flexibility index (Phi) is 4.11. The highest BCUT2D eigenvalue weighted by Crippen LogP contribution is 2.30. The maximum atomic E-state index is 12.5. The number of rotatable bonds is 3. The molecule has 0 saturated carbocycles. The van der Waals surface area contributed by atoms with E-state index >= 15 is 0 Å². The van der Waals surface area contributed by atoms with Crippen molar-refractivity contribution in [2.75, 3.05) is 0 Å². The number of aryl methyl sites for hydroxylation is 1. The van der Waals surface area contributed by atoms with Crippen molar-refractivity contribution in [3.63, 3.8) is 0 Å². The van der Waals surface area contributed by atoms with Crippen LogP contribution in [-0.2, 0) is 6.18 Å². The molecule has 0 saturated heterocycles. The fourth-order valence-corrected chi connectivity index (χ4v) is 2.01. The van der Waals surface area contributed by atoms with Gasteiger partial charge in [-0.2, -0.15) is 13.2 Å². The van der Waals surface area contributed by atoms with Gasteiger partial charge in [0.15, 0.2) is 0 Å². The van der Waals surface area contributed by atoms with Gasteiger partial charge in [0.05, 0.1) is 11.6 Å². The molecule has 0 amide bonds. The second-order valence-corrected chi connectivity index (χ2v) is 4.63. The summed E-state index contributed by atoms with van der Waals surface area (Å²) in [7, 11) is 0. The van der Waals surface area contributed by atoms with E-state index in [9.17, 15) is 13.2 Å². The van der Waals surface area contributed by atoms with E-state index in [4.69, 9.17) is 5.84 Å². The summed E-state index contributed by atoms with van der Waals surface area (Å²) in [5, 5.41) is 0. The fourth-order valence-electron chi connectivity index (χ4n) is 2.01. The lowest BCUT2D eigenvalue weighted by atomic mass is 9.97. The Hall–Kier alpha value is -1.85. The van der Waals surface area contributed by atoms with E-state index in [1.807, 2.05) is 31.2 Å². The Morgan fingerprint density at radius 3 is 1.75 bits per heavy atom. The summed E-state index contributed by atoms with van der Waals surface area (Å²) < 4.78 is 37.6. The van der Waals surface area contributed by atoms with Gasteiger partial charge in [-0.15, -0.1) is 0 Å². The molecular weight excluding hydrogens is 265 g/mol. The predicted octanol–water partition coefficient (Wildman–Crippen LogP) is 3.57. The van der Waals surface area contributed by atoms with Gasteiger partial charge in [-0.25, -0.2) is 5.43 Å².